The van der Waals surface area contributed by atoms with Gasteiger partial charge in [0.1, 0.15) is 0 Å². The number of nitrogens with zero attached hydrogens (tertiary/aromatic N) is 3. The van der Waals surface area contributed by atoms with Crippen LogP contribution in [-0.4, -0.2) is 78.5 Å². The summed E-state index contributed by atoms with van der Waals surface area (Å²) in [5.41, 5.74) is 0.936. The number of carbonyl (C=O) groups excluding carboxylic acids is 3. The maximum Gasteiger partial charge on any atom is 0.262 e. The van der Waals surface area contributed by atoms with Crippen molar-refractivity contribution in [2.45, 2.75) is 12.8 Å². The van der Waals surface area contributed by atoms with Crippen LogP contribution in [0.5, 0.6) is 0 Å². The van der Waals surface area contributed by atoms with Crippen molar-refractivity contribution in [2.75, 3.05) is 46.1 Å². The zero-order chi connectivity index (χ0) is 18.1. The van der Waals surface area contributed by atoms with Crippen molar-refractivity contribution in [1.29, 1.82) is 0 Å². The number of likely N-dealkylation sites (tertiary alicyclic amines) is 1. The molecule has 0 N–H and O–H groups in total. The Balaban J connectivity index is 1.40. The lowest BCUT2D eigenvalue weighted by molar-refractivity contribution is -0.141. The van der Waals surface area contributed by atoms with E-state index in [0.717, 1.165) is 19.4 Å². The molecule has 0 aromatic heterocycles. The van der Waals surface area contributed by atoms with Gasteiger partial charge in [0.15, 0.2) is 0 Å². The average molecular weight is 357 g/mol. The van der Waals surface area contributed by atoms with Crippen LogP contribution in [-0.2, 0) is 9.53 Å². The molecule has 0 saturated carbocycles. The second-order valence-electron chi connectivity index (χ2n) is 7.08. The quantitative estimate of drug-likeness (QED) is 0.749. The smallest absolute Gasteiger partial charge is 0.262 e. The Bertz CT molecular complexity index is 694. The molecule has 0 spiro atoms. The van der Waals surface area contributed by atoms with Gasteiger partial charge in [-0.1, -0.05) is 12.1 Å². The SMILES string of the molecule is O=C([C@H]1CCCN(CN2C(=O)c3ccccc3C2=O)C1)N1CCOCC1. The van der Waals surface area contributed by atoms with Crippen molar-refractivity contribution >= 4 is 17.7 Å². The summed E-state index contributed by atoms with van der Waals surface area (Å²) in [6.45, 7) is 4.11. The Morgan fingerprint density at radius 2 is 1.69 bits per heavy atom. The molecule has 3 aliphatic heterocycles. The van der Waals surface area contributed by atoms with Gasteiger partial charge in [-0.2, -0.15) is 0 Å². The Morgan fingerprint density at radius 1 is 1.04 bits per heavy atom. The third-order valence-electron chi connectivity index (χ3n) is 5.40. The molecule has 26 heavy (non-hydrogen) atoms. The summed E-state index contributed by atoms with van der Waals surface area (Å²) in [5.74, 6) is -0.392. The van der Waals surface area contributed by atoms with Gasteiger partial charge in [0.25, 0.3) is 11.8 Å². The monoisotopic (exact) mass is 357 g/mol. The predicted octanol–water partition coefficient (Wildman–Crippen LogP) is 0.811. The standard InChI is InChI=1S/C19H23N3O4/c23-17(21-8-10-26-11-9-21)14-4-3-7-20(12-14)13-22-18(24)15-5-1-2-6-16(15)19(22)25/h1-2,5-6,14H,3-4,7-13H2/t14-/m0/s1. The highest BCUT2D eigenvalue weighted by atomic mass is 16.5. The molecule has 0 radical (unpaired) electrons. The zero-order valence-electron chi connectivity index (χ0n) is 14.7. The van der Waals surface area contributed by atoms with Crippen molar-refractivity contribution < 1.29 is 19.1 Å². The summed E-state index contributed by atoms with van der Waals surface area (Å²) < 4.78 is 5.32. The number of hydrogen-bond donors (Lipinski definition) is 0. The summed E-state index contributed by atoms with van der Waals surface area (Å²) in [5, 5.41) is 0. The summed E-state index contributed by atoms with van der Waals surface area (Å²) in [7, 11) is 0. The van der Waals surface area contributed by atoms with E-state index in [9.17, 15) is 14.4 Å². The first-order valence-corrected chi connectivity index (χ1v) is 9.19. The molecule has 2 fully saturated rings. The van der Waals surface area contributed by atoms with Crippen LogP contribution in [0.15, 0.2) is 24.3 Å². The van der Waals surface area contributed by atoms with E-state index in [4.69, 9.17) is 4.74 Å². The molecule has 1 aromatic rings. The lowest BCUT2D eigenvalue weighted by Gasteiger charge is -2.37. The number of imide groups is 1. The molecular formula is C19H23N3O4. The third-order valence-corrected chi connectivity index (χ3v) is 5.40. The Morgan fingerprint density at radius 3 is 2.35 bits per heavy atom. The molecule has 0 unspecified atom stereocenters. The van der Waals surface area contributed by atoms with E-state index in [1.807, 2.05) is 9.80 Å². The molecule has 4 rings (SSSR count). The Hall–Kier alpha value is -2.25. The van der Waals surface area contributed by atoms with Crippen molar-refractivity contribution in [3.8, 4) is 0 Å². The van der Waals surface area contributed by atoms with Crippen LogP contribution in [0.3, 0.4) is 0 Å². The lowest BCUT2D eigenvalue weighted by Crippen LogP contribution is -2.50. The molecule has 3 amide bonds. The lowest BCUT2D eigenvalue weighted by atomic mass is 9.96. The first-order chi connectivity index (χ1) is 12.6. The zero-order valence-corrected chi connectivity index (χ0v) is 14.7. The fourth-order valence-corrected chi connectivity index (χ4v) is 4.00. The van der Waals surface area contributed by atoms with E-state index in [1.165, 1.54) is 4.90 Å². The number of morpholine rings is 1. The number of rotatable bonds is 3. The summed E-state index contributed by atoms with van der Waals surface area (Å²) >= 11 is 0. The van der Waals surface area contributed by atoms with E-state index in [-0.39, 0.29) is 30.3 Å². The van der Waals surface area contributed by atoms with Crippen molar-refractivity contribution in [3.63, 3.8) is 0 Å². The van der Waals surface area contributed by atoms with Gasteiger partial charge < -0.3 is 9.64 Å². The van der Waals surface area contributed by atoms with Crippen molar-refractivity contribution in [1.82, 2.24) is 14.7 Å². The molecule has 0 bridgehead atoms. The number of hydrogen-bond acceptors (Lipinski definition) is 5. The number of ether oxygens (including phenoxy) is 1. The molecule has 3 heterocycles. The minimum absolute atomic E-state index is 0.0722. The predicted molar refractivity (Wildman–Crippen MR) is 93.5 cm³/mol. The van der Waals surface area contributed by atoms with Crippen LogP contribution < -0.4 is 0 Å². The van der Waals surface area contributed by atoms with Gasteiger partial charge in [-0.05, 0) is 31.5 Å². The van der Waals surface area contributed by atoms with Gasteiger partial charge in [0.2, 0.25) is 5.91 Å². The van der Waals surface area contributed by atoms with Gasteiger partial charge in [-0.15, -0.1) is 0 Å². The number of amides is 3. The second-order valence-corrected chi connectivity index (χ2v) is 7.08. The van der Waals surface area contributed by atoms with E-state index in [0.29, 0.717) is 44.0 Å². The summed E-state index contributed by atoms with van der Waals surface area (Å²) in [6, 6.07) is 6.92. The van der Waals surface area contributed by atoms with Gasteiger partial charge in [0.05, 0.1) is 36.9 Å². The molecule has 1 aromatic carbocycles. The molecule has 1 atom stereocenters. The summed E-state index contributed by atoms with van der Waals surface area (Å²) in [4.78, 5) is 43.0. The van der Waals surface area contributed by atoms with Gasteiger partial charge in [-0.3, -0.25) is 24.2 Å². The van der Waals surface area contributed by atoms with Gasteiger partial charge >= 0.3 is 0 Å². The topological polar surface area (TPSA) is 70.2 Å². The fourth-order valence-electron chi connectivity index (χ4n) is 4.00. The van der Waals surface area contributed by atoms with Crippen LogP contribution in [0, 0.1) is 5.92 Å². The molecule has 7 nitrogen and oxygen atoms in total. The number of carbonyl (C=O) groups is 3. The molecule has 2 saturated heterocycles. The van der Waals surface area contributed by atoms with Crippen molar-refractivity contribution in [3.05, 3.63) is 35.4 Å². The van der Waals surface area contributed by atoms with E-state index in [2.05, 4.69) is 0 Å². The molecule has 138 valence electrons. The number of benzene rings is 1. The molecule has 7 heteroatoms. The highest BCUT2D eigenvalue weighted by Crippen LogP contribution is 2.25. The van der Waals surface area contributed by atoms with Gasteiger partial charge in [-0.25, -0.2) is 0 Å². The van der Waals surface area contributed by atoms with E-state index < -0.39 is 0 Å². The van der Waals surface area contributed by atoms with Gasteiger partial charge in [0, 0.05) is 19.6 Å². The Labute approximate surface area is 152 Å². The first-order valence-electron chi connectivity index (χ1n) is 9.19. The minimum Gasteiger partial charge on any atom is -0.378 e. The van der Waals surface area contributed by atoms with Crippen molar-refractivity contribution in [2.24, 2.45) is 5.92 Å². The third kappa shape index (κ3) is 3.12. The number of fused-ring (bicyclic) bond motifs is 1. The maximum absolute atomic E-state index is 12.7. The number of piperidine rings is 1. The molecule has 3 aliphatic rings. The summed E-state index contributed by atoms with van der Waals surface area (Å²) in [6.07, 6.45) is 1.75. The van der Waals surface area contributed by atoms with E-state index in [1.54, 1.807) is 24.3 Å². The van der Waals surface area contributed by atoms with Crippen LogP contribution in [0.4, 0.5) is 0 Å². The molecular weight excluding hydrogens is 334 g/mol. The highest BCUT2D eigenvalue weighted by Gasteiger charge is 2.37. The molecule has 0 aliphatic carbocycles. The van der Waals surface area contributed by atoms with E-state index >= 15 is 0 Å². The first kappa shape index (κ1) is 17.2. The Kier molecular flexibility index (Phi) is 4.74. The largest absolute Gasteiger partial charge is 0.378 e. The van der Waals surface area contributed by atoms with Crippen LogP contribution in [0.25, 0.3) is 0 Å². The maximum atomic E-state index is 12.7. The van der Waals surface area contributed by atoms with Crippen LogP contribution in [0.2, 0.25) is 0 Å². The van der Waals surface area contributed by atoms with Crippen LogP contribution in [0.1, 0.15) is 33.6 Å². The second kappa shape index (κ2) is 7.17. The fraction of sp³-hybridized carbons (Fsp3) is 0.526. The minimum atomic E-state index is -0.243. The normalized spacial score (nSPS) is 24.1. The highest BCUT2D eigenvalue weighted by molar-refractivity contribution is 6.21. The van der Waals surface area contributed by atoms with Crippen LogP contribution >= 0.6 is 0 Å². The average Bonchev–Trinajstić information content (AvgIpc) is 2.93.